The van der Waals surface area contributed by atoms with Gasteiger partial charge in [-0.1, -0.05) is 13.8 Å². The second-order valence-electron chi connectivity index (χ2n) is 3.55. The van der Waals surface area contributed by atoms with Crippen molar-refractivity contribution in [2.75, 3.05) is 5.88 Å². The Hall–Kier alpha value is 0.270. The van der Waals surface area contributed by atoms with E-state index in [-0.39, 0.29) is 0 Å². The standard InChI is InChI=1S/C11H18ClNS2/c1-3-9(2)14-8-11-13-10(7-15-11)5-4-6-12/h7,9H,3-6,8H2,1-2H3. The molecule has 0 aromatic carbocycles. The summed E-state index contributed by atoms with van der Waals surface area (Å²) >= 11 is 9.42. The predicted molar refractivity (Wildman–Crippen MR) is 72.2 cm³/mol. The van der Waals surface area contributed by atoms with Gasteiger partial charge in [0.25, 0.3) is 0 Å². The van der Waals surface area contributed by atoms with Crippen molar-refractivity contribution in [3.63, 3.8) is 0 Å². The molecule has 1 rings (SSSR count). The summed E-state index contributed by atoms with van der Waals surface area (Å²) in [5.74, 6) is 1.79. The van der Waals surface area contributed by atoms with Crippen molar-refractivity contribution in [2.24, 2.45) is 0 Å². The van der Waals surface area contributed by atoms with Crippen LogP contribution >= 0.6 is 34.7 Å². The van der Waals surface area contributed by atoms with Gasteiger partial charge in [-0.15, -0.1) is 22.9 Å². The number of halogens is 1. The van der Waals surface area contributed by atoms with E-state index in [0.29, 0.717) is 0 Å². The fourth-order valence-corrected chi connectivity index (χ4v) is 3.06. The summed E-state index contributed by atoms with van der Waals surface area (Å²) in [7, 11) is 0. The lowest BCUT2D eigenvalue weighted by Crippen LogP contribution is -1.94. The largest absolute Gasteiger partial charge is 0.245 e. The van der Waals surface area contributed by atoms with Gasteiger partial charge in [0.1, 0.15) is 5.01 Å². The van der Waals surface area contributed by atoms with Gasteiger partial charge in [-0.05, 0) is 19.3 Å². The predicted octanol–water partition coefficient (Wildman–Crippen LogP) is 4.35. The lowest BCUT2D eigenvalue weighted by molar-refractivity contribution is 0.889. The van der Waals surface area contributed by atoms with Crippen LogP contribution < -0.4 is 0 Å². The fourth-order valence-electron chi connectivity index (χ4n) is 1.11. The van der Waals surface area contributed by atoms with Crippen molar-refractivity contribution in [3.05, 3.63) is 16.1 Å². The minimum Gasteiger partial charge on any atom is -0.245 e. The van der Waals surface area contributed by atoms with Gasteiger partial charge in [0, 0.05) is 22.3 Å². The molecule has 1 unspecified atom stereocenters. The van der Waals surface area contributed by atoms with E-state index in [9.17, 15) is 0 Å². The molecule has 1 aromatic heterocycles. The number of thiazole rings is 1. The monoisotopic (exact) mass is 263 g/mol. The smallest absolute Gasteiger partial charge is 0.103 e. The molecule has 1 nitrogen and oxygen atoms in total. The second-order valence-corrected chi connectivity index (χ2v) is 6.30. The highest BCUT2D eigenvalue weighted by Gasteiger charge is 2.04. The maximum Gasteiger partial charge on any atom is 0.103 e. The number of alkyl halides is 1. The summed E-state index contributed by atoms with van der Waals surface area (Å²) in [6.07, 6.45) is 3.28. The highest BCUT2D eigenvalue weighted by atomic mass is 35.5. The zero-order valence-electron chi connectivity index (χ0n) is 9.33. The van der Waals surface area contributed by atoms with Crippen molar-refractivity contribution >= 4 is 34.7 Å². The maximum absolute atomic E-state index is 5.65. The van der Waals surface area contributed by atoms with E-state index in [2.05, 4.69) is 24.2 Å². The molecule has 0 N–H and O–H groups in total. The van der Waals surface area contributed by atoms with Crippen molar-refractivity contribution in [1.82, 2.24) is 4.98 Å². The summed E-state index contributed by atoms with van der Waals surface area (Å²) in [4.78, 5) is 4.59. The SMILES string of the molecule is CCC(C)SCc1nc(CCCCl)cs1. The van der Waals surface area contributed by atoms with E-state index < -0.39 is 0 Å². The van der Waals surface area contributed by atoms with E-state index in [4.69, 9.17) is 11.6 Å². The van der Waals surface area contributed by atoms with Crippen LogP contribution in [0.15, 0.2) is 5.38 Å². The molecule has 1 atom stereocenters. The Morgan fingerprint density at radius 2 is 2.40 bits per heavy atom. The minimum absolute atomic E-state index is 0.731. The van der Waals surface area contributed by atoms with Crippen LogP contribution in [0.2, 0.25) is 0 Å². The Labute approximate surface area is 106 Å². The van der Waals surface area contributed by atoms with Crippen LogP contribution in [0, 0.1) is 0 Å². The highest BCUT2D eigenvalue weighted by molar-refractivity contribution is 7.99. The Morgan fingerprint density at radius 1 is 1.60 bits per heavy atom. The summed E-state index contributed by atoms with van der Waals surface area (Å²) in [5.41, 5.74) is 1.21. The molecule has 86 valence electrons. The van der Waals surface area contributed by atoms with Crippen molar-refractivity contribution < 1.29 is 0 Å². The number of aromatic nitrogens is 1. The van der Waals surface area contributed by atoms with Crippen LogP contribution in [0.3, 0.4) is 0 Å². The van der Waals surface area contributed by atoms with Gasteiger partial charge < -0.3 is 0 Å². The first-order valence-corrected chi connectivity index (χ1v) is 7.83. The van der Waals surface area contributed by atoms with Gasteiger partial charge in [-0.3, -0.25) is 0 Å². The van der Waals surface area contributed by atoms with E-state index in [1.54, 1.807) is 11.3 Å². The van der Waals surface area contributed by atoms with Crippen LogP contribution in [-0.2, 0) is 12.2 Å². The maximum atomic E-state index is 5.65. The summed E-state index contributed by atoms with van der Waals surface area (Å²) in [6.45, 7) is 4.50. The van der Waals surface area contributed by atoms with Gasteiger partial charge >= 0.3 is 0 Å². The Kier molecular flexibility index (Phi) is 6.69. The van der Waals surface area contributed by atoms with Crippen LogP contribution in [0.5, 0.6) is 0 Å². The molecular formula is C11H18ClNS2. The number of thioether (sulfide) groups is 1. The zero-order valence-corrected chi connectivity index (χ0v) is 11.7. The van der Waals surface area contributed by atoms with Gasteiger partial charge in [-0.2, -0.15) is 11.8 Å². The van der Waals surface area contributed by atoms with E-state index in [0.717, 1.165) is 29.7 Å². The number of nitrogens with zero attached hydrogens (tertiary/aromatic N) is 1. The van der Waals surface area contributed by atoms with Crippen molar-refractivity contribution in [1.29, 1.82) is 0 Å². The Balaban J connectivity index is 2.32. The van der Waals surface area contributed by atoms with Gasteiger partial charge in [0.05, 0.1) is 5.69 Å². The second kappa shape index (κ2) is 7.53. The third kappa shape index (κ3) is 5.23. The van der Waals surface area contributed by atoms with Gasteiger partial charge in [0.15, 0.2) is 0 Å². The Bertz CT molecular complexity index is 275. The van der Waals surface area contributed by atoms with E-state index in [1.165, 1.54) is 17.1 Å². The fraction of sp³-hybridized carbons (Fsp3) is 0.727. The average Bonchev–Trinajstić information content (AvgIpc) is 2.71. The molecular weight excluding hydrogens is 246 g/mol. The number of hydrogen-bond donors (Lipinski definition) is 0. The molecule has 1 aromatic rings. The third-order valence-corrected chi connectivity index (χ3v) is 4.92. The lowest BCUT2D eigenvalue weighted by atomic mass is 10.3. The normalized spacial score (nSPS) is 13.0. The molecule has 0 aliphatic rings. The Morgan fingerprint density at radius 3 is 3.07 bits per heavy atom. The molecule has 0 spiro atoms. The zero-order chi connectivity index (χ0) is 11.1. The number of hydrogen-bond acceptors (Lipinski definition) is 3. The first-order chi connectivity index (χ1) is 7.26. The molecule has 15 heavy (non-hydrogen) atoms. The summed E-state index contributed by atoms with van der Waals surface area (Å²) < 4.78 is 0. The summed E-state index contributed by atoms with van der Waals surface area (Å²) in [6, 6.07) is 0. The van der Waals surface area contributed by atoms with Crippen LogP contribution in [0.4, 0.5) is 0 Å². The number of rotatable bonds is 7. The molecule has 0 saturated heterocycles. The third-order valence-electron chi connectivity index (χ3n) is 2.23. The number of aryl methyl sites for hydroxylation is 1. The minimum atomic E-state index is 0.731. The van der Waals surface area contributed by atoms with E-state index >= 15 is 0 Å². The van der Waals surface area contributed by atoms with Crippen molar-refractivity contribution in [3.8, 4) is 0 Å². The molecule has 0 bridgehead atoms. The van der Waals surface area contributed by atoms with Crippen LogP contribution in [0.25, 0.3) is 0 Å². The lowest BCUT2D eigenvalue weighted by Gasteiger charge is -2.05. The van der Waals surface area contributed by atoms with Gasteiger partial charge in [0.2, 0.25) is 0 Å². The molecule has 0 aliphatic heterocycles. The van der Waals surface area contributed by atoms with E-state index in [1.807, 2.05) is 11.8 Å². The average molecular weight is 264 g/mol. The first kappa shape index (κ1) is 13.3. The summed E-state index contributed by atoms with van der Waals surface area (Å²) in [5, 5.41) is 4.16. The van der Waals surface area contributed by atoms with Crippen LogP contribution in [-0.4, -0.2) is 16.1 Å². The topological polar surface area (TPSA) is 12.9 Å². The molecule has 0 fully saturated rings. The molecule has 1 heterocycles. The molecule has 0 aliphatic carbocycles. The van der Waals surface area contributed by atoms with Crippen LogP contribution in [0.1, 0.15) is 37.4 Å². The molecule has 0 radical (unpaired) electrons. The quantitative estimate of drug-likeness (QED) is 0.679. The molecule has 0 saturated carbocycles. The highest BCUT2D eigenvalue weighted by Crippen LogP contribution is 2.22. The van der Waals surface area contributed by atoms with Gasteiger partial charge in [-0.25, -0.2) is 4.98 Å². The first-order valence-electron chi connectivity index (χ1n) is 5.37. The van der Waals surface area contributed by atoms with Crippen molar-refractivity contribution in [2.45, 2.75) is 44.1 Å². The molecule has 4 heteroatoms. The molecule has 0 amide bonds.